The highest BCUT2D eigenvalue weighted by Gasteiger charge is 2.63. The van der Waals surface area contributed by atoms with Crippen LogP contribution in [0.1, 0.15) is 50.1 Å². The first-order valence-electron chi connectivity index (χ1n) is 28.7. The van der Waals surface area contributed by atoms with Crippen molar-refractivity contribution >= 4 is 31.3 Å². The maximum absolute atomic E-state index is 16.2. The molecule has 17 nitrogen and oxygen atoms in total. The van der Waals surface area contributed by atoms with E-state index in [9.17, 15) is 0 Å². The molecule has 0 amide bonds. The van der Waals surface area contributed by atoms with Crippen molar-refractivity contribution in [1.82, 2.24) is 0 Å². The Kier molecular flexibility index (Phi) is 24.2. The molecule has 0 heterocycles. The lowest BCUT2D eigenvalue weighted by Crippen LogP contribution is -2.38. The number of ether oxygens (including phenoxy) is 1. The Morgan fingerprint density at radius 2 is 0.326 bits per heavy atom. The van der Waals surface area contributed by atoms with Crippen LogP contribution in [0.25, 0.3) is 0 Å². The fourth-order valence-electron chi connectivity index (χ4n) is 9.18. The highest BCUT2D eigenvalue weighted by molar-refractivity contribution is 7.49. The van der Waals surface area contributed by atoms with Crippen molar-refractivity contribution in [3.63, 3.8) is 0 Å². The van der Waals surface area contributed by atoms with Gasteiger partial charge in [0.1, 0.15) is 30.5 Å². The summed E-state index contributed by atoms with van der Waals surface area (Å²) in [5, 5.41) is 0. The van der Waals surface area contributed by atoms with E-state index in [0.29, 0.717) is 50.1 Å². The van der Waals surface area contributed by atoms with Gasteiger partial charge in [-0.05, 0) is 50.1 Å². The molecule has 10 rings (SSSR count). The maximum atomic E-state index is 16.2. The van der Waals surface area contributed by atoms with E-state index in [1.807, 2.05) is 54.6 Å². The van der Waals surface area contributed by atoms with E-state index >= 15 is 18.3 Å². The summed E-state index contributed by atoms with van der Waals surface area (Å²) in [6.07, 6.45) is -9.71. The predicted molar refractivity (Wildman–Crippen MR) is 335 cm³/mol. The summed E-state index contributed by atoms with van der Waals surface area (Å²) in [5.41, 5.74) is 5.27. The highest BCUT2D eigenvalue weighted by atomic mass is 31.2. The van der Waals surface area contributed by atoms with Gasteiger partial charge >= 0.3 is 31.3 Å². The summed E-state index contributed by atoms with van der Waals surface area (Å²) in [7, 11) is -20.2. The van der Waals surface area contributed by atoms with E-state index in [0.717, 1.165) is 0 Å². The number of rotatable bonds is 35. The summed E-state index contributed by atoms with van der Waals surface area (Å²) in [4.78, 5) is 0. The Hall–Kier alpha value is -6.62. The number of phosphoric ester groups is 4. The average Bonchev–Trinajstić information content (AvgIpc) is 1.93. The quantitative estimate of drug-likeness (QED) is 0.0341. The fourth-order valence-corrected chi connectivity index (χ4v) is 14.6. The van der Waals surface area contributed by atoms with Gasteiger partial charge < -0.3 is 4.74 Å². The zero-order valence-electron chi connectivity index (χ0n) is 48.5. The molecule has 1 aliphatic rings. The topological polar surface area (TPSA) is 188 Å². The minimum atomic E-state index is -5.09. The van der Waals surface area contributed by atoms with Crippen LogP contribution in [-0.4, -0.2) is 30.5 Å². The Labute approximate surface area is 519 Å². The standard InChI is InChI=1S/C68H68O17P4/c69-86(74-47-56-30-12-2-13-31-56,75-48-57-32-14-3-15-33-57)82-65-64(73-46-55-28-10-1-11-29-55)66(83-87(70,76-49-58-34-16-4-17-35-58)77-50-59-36-18-5-19-37-59)68(85-89(72,80-53-62-42-24-8-25-43-62)81-54-63-44-26-9-27-45-63)67(65)84-88(71,78-51-60-38-20-6-21-39-60)79-52-61-40-22-7-23-41-61/h1-45,64-68H,46-54H2/t64?,65-,66+,67-,68-/m0/s1. The summed E-state index contributed by atoms with van der Waals surface area (Å²) >= 11 is 0. The smallest absolute Gasteiger partial charge is 0.368 e. The van der Waals surface area contributed by atoms with Gasteiger partial charge in [0.25, 0.3) is 0 Å². The van der Waals surface area contributed by atoms with Gasteiger partial charge in [-0.15, -0.1) is 0 Å². The van der Waals surface area contributed by atoms with Crippen LogP contribution in [0.2, 0.25) is 0 Å². The first-order chi connectivity index (χ1) is 43.5. The summed E-state index contributed by atoms with van der Waals surface area (Å²) in [6, 6.07) is 80.1. The first kappa shape index (κ1) is 65.3. The molecule has 5 atom stereocenters. The molecule has 0 saturated heterocycles. The van der Waals surface area contributed by atoms with E-state index in [1.54, 1.807) is 218 Å². The molecule has 0 aliphatic heterocycles. The van der Waals surface area contributed by atoms with Gasteiger partial charge in [0, 0.05) is 0 Å². The van der Waals surface area contributed by atoms with Crippen LogP contribution in [0.15, 0.2) is 273 Å². The molecule has 0 aromatic heterocycles. The van der Waals surface area contributed by atoms with Crippen molar-refractivity contribution in [3.05, 3.63) is 323 Å². The molecule has 1 fully saturated rings. The van der Waals surface area contributed by atoms with Crippen molar-refractivity contribution in [2.24, 2.45) is 0 Å². The van der Waals surface area contributed by atoms with E-state index in [4.69, 9.17) is 59.0 Å². The molecule has 9 aromatic rings. The van der Waals surface area contributed by atoms with Gasteiger partial charge in [0.15, 0.2) is 0 Å². The molecular formula is C68H68O17P4. The van der Waals surface area contributed by atoms with Crippen LogP contribution in [-0.2, 0) is 137 Å². The first-order valence-corrected chi connectivity index (χ1v) is 34.6. The van der Waals surface area contributed by atoms with E-state index in [-0.39, 0.29) is 59.5 Å². The number of benzene rings is 9. The van der Waals surface area contributed by atoms with Crippen LogP contribution in [0.3, 0.4) is 0 Å². The molecule has 0 N–H and O–H groups in total. The van der Waals surface area contributed by atoms with Crippen LogP contribution in [0.5, 0.6) is 0 Å². The Balaban J connectivity index is 1.16. The molecule has 462 valence electrons. The van der Waals surface area contributed by atoms with Crippen molar-refractivity contribution in [3.8, 4) is 0 Å². The van der Waals surface area contributed by atoms with Gasteiger partial charge in [0.05, 0.1) is 59.5 Å². The minimum absolute atomic E-state index is 0.246. The van der Waals surface area contributed by atoms with E-state index in [1.165, 1.54) is 0 Å². The number of phosphoric acid groups is 4. The number of hydrogen-bond donors (Lipinski definition) is 0. The van der Waals surface area contributed by atoms with Gasteiger partial charge in [0.2, 0.25) is 0 Å². The normalized spacial score (nSPS) is 17.1. The minimum Gasteiger partial charge on any atom is -0.368 e. The molecule has 0 radical (unpaired) electrons. The molecular weight excluding hydrogens is 1210 g/mol. The highest BCUT2D eigenvalue weighted by Crippen LogP contribution is 2.64. The third-order valence-corrected chi connectivity index (χ3v) is 19.3. The summed E-state index contributed by atoms with van der Waals surface area (Å²) < 4.78 is 149. The van der Waals surface area contributed by atoms with Gasteiger partial charge in [-0.1, -0.05) is 273 Å². The third-order valence-electron chi connectivity index (χ3n) is 13.8. The molecule has 1 unspecified atom stereocenters. The monoisotopic (exact) mass is 1280 g/mol. The second-order valence-corrected chi connectivity index (χ2v) is 26.9. The fraction of sp³-hybridized carbons (Fsp3) is 0.206. The van der Waals surface area contributed by atoms with Crippen molar-refractivity contribution in [1.29, 1.82) is 0 Å². The molecule has 1 aliphatic carbocycles. The zero-order chi connectivity index (χ0) is 61.5. The Bertz CT molecular complexity index is 3290. The predicted octanol–water partition coefficient (Wildman–Crippen LogP) is 17.3. The molecule has 0 bridgehead atoms. The molecule has 0 spiro atoms. The van der Waals surface area contributed by atoms with Crippen molar-refractivity contribution in [2.75, 3.05) is 0 Å². The van der Waals surface area contributed by atoms with E-state index in [2.05, 4.69) is 0 Å². The van der Waals surface area contributed by atoms with Gasteiger partial charge in [-0.3, -0.25) is 54.3 Å². The SMILES string of the molecule is O=P(OCc1ccccc1)(OCc1ccccc1)O[C@@H]1[C@@H](OP(=O)(OCc2ccccc2)OCc2ccccc2)[C@@H](OP(=O)(OCc2ccccc2)OCc2ccccc2)C(OCc2ccccc2)[C@H]1OP(=O)(OCc1ccccc1)OCc1ccccc1. The van der Waals surface area contributed by atoms with Gasteiger partial charge in [-0.2, -0.15) is 0 Å². The summed E-state index contributed by atoms with van der Waals surface area (Å²) in [6.45, 7) is -2.84. The number of hydrogen-bond acceptors (Lipinski definition) is 17. The van der Waals surface area contributed by atoms with Crippen molar-refractivity contribution < 1.29 is 77.3 Å². The third kappa shape index (κ3) is 20.4. The molecule has 21 heteroatoms. The average molecular weight is 1280 g/mol. The molecule has 9 aromatic carbocycles. The Morgan fingerprint density at radius 1 is 0.191 bits per heavy atom. The molecule has 89 heavy (non-hydrogen) atoms. The summed E-state index contributed by atoms with van der Waals surface area (Å²) in [5.74, 6) is 0. The van der Waals surface area contributed by atoms with Gasteiger partial charge in [-0.25, -0.2) is 18.3 Å². The van der Waals surface area contributed by atoms with Crippen molar-refractivity contribution in [2.45, 2.75) is 90.0 Å². The maximum Gasteiger partial charge on any atom is 0.475 e. The lowest BCUT2D eigenvalue weighted by molar-refractivity contribution is -0.0940. The largest absolute Gasteiger partial charge is 0.475 e. The van der Waals surface area contributed by atoms with E-state index < -0.39 is 61.8 Å². The lowest BCUT2D eigenvalue weighted by Gasteiger charge is -2.32. The van der Waals surface area contributed by atoms with Crippen LogP contribution in [0.4, 0.5) is 0 Å². The van der Waals surface area contributed by atoms with Crippen LogP contribution >= 0.6 is 31.3 Å². The zero-order valence-corrected chi connectivity index (χ0v) is 52.0. The lowest BCUT2D eigenvalue weighted by atomic mass is 10.2. The van der Waals surface area contributed by atoms with Crippen LogP contribution < -0.4 is 0 Å². The van der Waals surface area contributed by atoms with Crippen LogP contribution in [0, 0.1) is 0 Å². The molecule has 1 saturated carbocycles. The second-order valence-electron chi connectivity index (χ2n) is 20.4. The Morgan fingerprint density at radius 3 is 0.483 bits per heavy atom. The second kappa shape index (κ2) is 32.9.